The highest BCUT2D eigenvalue weighted by atomic mass is 28.4. The third-order valence-corrected chi connectivity index (χ3v) is 1.60. The van der Waals surface area contributed by atoms with Crippen LogP contribution in [0, 0.1) is 0 Å². The van der Waals surface area contributed by atoms with Crippen molar-refractivity contribution in [2.45, 2.75) is 26.2 Å². The van der Waals surface area contributed by atoms with E-state index in [0.717, 1.165) is 0 Å². The van der Waals surface area contributed by atoms with Gasteiger partial charge in [0.05, 0.1) is 0 Å². The molecule has 62 valence electrons. The van der Waals surface area contributed by atoms with E-state index in [2.05, 4.69) is 9.15 Å². The molecule has 4 nitrogen and oxygen atoms in total. The van der Waals surface area contributed by atoms with Crippen molar-refractivity contribution < 1.29 is 18.7 Å². The van der Waals surface area contributed by atoms with Crippen LogP contribution in [0.5, 0.6) is 0 Å². The Balaban J connectivity index is 3.56. The molecule has 0 bridgehead atoms. The van der Waals surface area contributed by atoms with Crippen LogP contribution in [0.1, 0.15) is 0 Å². The first-order valence-corrected chi connectivity index (χ1v) is 8.73. The van der Waals surface area contributed by atoms with Gasteiger partial charge in [-0.3, -0.25) is 9.15 Å². The molecule has 0 aromatic carbocycles. The van der Waals surface area contributed by atoms with Crippen LogP contribution in [0.15, 0.2) is 0 Å². The van der Waals surface area contributed by atoms with Crippen molar-refractivity contribution in [3.05, 3.63) is 0 Å². The van der Waals surface area contributed by atoms with Crippen molar-refractivity contribution in [2.24, 2.45) is 0 Å². The minimum Gasteiger partial charge on any atom is -0.409 e. The van der Waals surface area contributed by atoms with Crippen molar-refractivity contribution in [1.82, 2.24) is 0 Å². The molecule has 0 aliphatic rings. The van der Waals surface area contributed by atoms with E-state index in [9.17, 15) is 0 Å². The van der Waals surface area contributed by atoms with Gasteiger partial charge in [-0.2, -0.15) is 0 Å². The second-order valence-corrected chi connectivity index (χ2v) is 9.18. The minimum absolute atomic E-state index is 1.56. The molecule has 0 aliphatic carbocycles. The predicted octanol–water partition coefficient (Wildman–Crippen LogP) is 0.323. The second-order valence-electron chi connectivity index (χ2n) is 3.06. The molecule has 0 aromatic rings. The molecule has 0 amide bonds. The van der Waals surface area contributed by atoms with Crippen molar-refractivity contribution in [3.63, 3.8) is 0 Å². The lowest BCUT2D eigenvalue weighted by Crippen LogP contribution is -2.38. The van der Waals surface area contributed by atoms with E-state index in [1.54, 1.807) is 26.2 Å². The summed E-state index contributed by atoms with van der Waals surface area (Å²) in [5.74, 6) is 0. The first-order chi connectivity index (χ1) is 4.21. The Morgan fingerprint density at radius 2 is 1.00 bits per heavy atom. The van der Waals surface area contributed by atoms with Crippen LogP contribution < -0.4 is 0 Å². The maximum atomic E-state index is 9.08. The molecule has 6 heteroatoms. The molecular weight excluding hydrogens is 168 g/mol. The summed E-state index contributed by atoms with van der Waals surface area (Å²) in [6, 6.07) is 0. The number of rotatable bonds is 3. The van der Waals surface area contributed by atoms with Gasteiger partial charge in [0, 0.05) is 0 Å². The summed E-state index contributed by atoms with van der Waals surface area (Å²) in [7, 11) is -5.23. The second kappa shape index (κ2) is 3.12. The van der Waals surface area contributed by atoms with Crippen molar-refractivity contribution in [3.8, 4) is 0 Å². The molecule has 0 spiro atoms. The third-order valence-electron chi connectivity index (χ3n) is 0.450. The van der Waals surface area contributed by atoms with Crippen LogP contribution in [0.2, 0.25) is 26.2 Å². The van der Waals surface area contributed by atoms with E-state index >= 15 is 0 Å². The molecule has 0 unspecified atom stereocenters. The van der Waals surface area contributed by atoms with Crippen LogP contribution in [0.3, 0.4) is 0 Å². The van der Waals surface area contributed by atoms with Crippen LogP contribution in [-0.2, 0) is 9.15 Å². The maximum absolute atomic E-state index is 9.08. The molecule has 0 fully saturated rings. The molecule has 0 aliphatic heterocycles. The fourth-order valence-electron chi connectivity index (χ4n) is 0.204. The summed E-state index contributed by atoms with van der Waals surface area (Å²) < 4.78 is 9.20. The van der Waals surface area contributed by atoms with E-state index < -0.39 is 17.1 Å². The van der Waals surface area contributed by atoms with Crippen LogP contribution in [-0.4, -0.2) is 26.7 Å². The Kier molecular flexibility index (Phi) is 3.20. The molecule has 0 saturated carbocycles. The smallest absolute Gasteiger partial charge is 0.364 e. The van der Waals surface area contributed by atoms with E-state index in [0.29, 0.717) is 0 Å². The Morgan fingerprint density at radius 3 is 1.10 bits per heavy atom. The maximum Gasteiger partial charge on any atom is 0.364 e. The summed E-state index contributed by atoms with van der Waals surface area (Å²) in [6.45, 7) is 6.25. The highest BCUT2D eigenvalue weighted by Crippen LogP contribution is 2.05. The zero-order valence-electron chi connectivity index (χ0n) is 6.71. The Hall–Kier alpha value is 0.274. The van der Waals surface area contributed by atoms with Gasteiger partial charge in [-0.1, -0.05) is 0 Å². The minimum atomic E-state index is -2.61. The molecule has 0 radical (unpaired) electrons. The molecule has 0 atom stereocenters. The van der Waals surface area contributed by atoms with Crippen molar-refractivity contribution in [1.29, 1.82) is 0 Å². The van der Waals surface area contributed by atoms with Gasteiger partial charge in [0.2, 0.25) is 0 Å². The Bertz CT molecular complexity index is 88.8. The topological polar surface area (TPSA) is 58.9 Å². The van der Waals surface area contributed by atoms with Gasteiger partial charge in [0.25, 0.3) is 0 Å². The number of hydrogen-bond donors (Lipinski definition) is 2. The average Bonchev–Trinajstić information content (AvgIpc) is 1.57. The van der Waals surface area contributed by atoms with Gasteiger partial charge in [0.15, 0.2) is 0 Å². The van der Waals surface area contributed by atoms with Gasteiger partial charge >= 0.3 is 17.1 Å². The standard InChI is InChI=1S/C4H14O4Si2/c1-9(2,5)7-8-10(3,4)6/h5-6H,1-4H3. The molecule has 0 rings (SSSR count). The molecular formula is C4H14O4Si2. The van der Waals surface area contributed by atoms with Crippen molar-refractivity contribution in [2.75, 3.05) is 0 Å². The van der Waals surface area contributed by atoms with Gasteiger partial charge in [0.1, 0.15) is 0 Å². The molecule has 0 aromatic heterocycles. The summed E-state index contributed by atoms with van der Waals surface area (Å²) in [4.78, 5) is 18.2. The number of hydrogen-bond acceptors (Lipinski definition) is 4. The van der Waals surface area contributed by atoms with E-state index in [4.69, 9.17) is 9.59 Å². The fourth-order valence-corrected chi connectivity index (χ4v) is 1.84. The van der Waals surface area contributed by atoms with Gasteiger partial charge in [-0.25, -0.2) is 0 Å². The first kappa shape index (κ1) is 10.3. The highest BCUT2D eigenvalue weighted by Gasteiger charge is 2.27. The lowest BCUT2D eigenvalue weighted by molar-refractivity contribution is -0.154. The van der Waals surface area contributed by atoms with E-state index in [-0.39, 0.29) is 0 Å². The highest BCUT2D eigenvalue weighted by molar-refractivity contribution is 6.65. The zero-order valence-corrected chi connectivity index (χ0v) is 8.71. The lowest BCUT2D eigenvalue weighted by atomic mass is 11.9. The SMILES string of the molecule is C[Si](C)(O)OO[Si](C)(C)O. The normalized spacial score (nSPS) is 13.8. The molecule has 0 heterocycles. The van der Waals surface area contributed by atoms with Gasteiger partial charge in [-0.05, 0) is 26.2 Å². The summed E-state index contributed by atoms with van der Waals surface area (Å²) in [6.07, 6.45) is 0. The zero-order chi connectivity index (χ0) is 8.41. The van der Waals surface area contributed by atoms with Crippen molar-refractivity contribution >= 4 is 17.1 Å². The Morgan fingerprint density at radius 1 is 0.800 bits per heavy atom. The molecule has 2 N–H and O–H groups in total. The van der Waals surface area contributed by atoms with Crippen LogP contribution in [0.25, 0.3) is 0 Å². The van der Waals surface area contributed by atoms with Gasteiger partial charge < -0.3 is 9.59 Å². The van der Waals surface area contributed by atoms with Crippen LogP contribution >= 0.6 is 0 Å². The first-order valence-electron chi connectivity index (χ1n) is 3.02. The quantitative estimate of drug-likeness (QED) is 0.375. The predicted molar refractivity (Wildman–Crippen MR) is 41.6 cm³/mol. The monoisotopic (exact) mass is 182 g/mol. The largest absolute Gasteiger partial charge is 0.409 e. The fraction of sp³-hybridized carbons (Fsp3) is 1.00. The average molecular weight is 182 g/mol. The summed E-state index contributed by atoms with van der Waals surface area (Å²) in [5, 5.41) is 0. The lowest BCUT2D eigenvalue weighted by Gasteiger charge is -2.19. The van der Waals surface area contributed by atoms with E-state index in [1.807, 2.05) is 0 Å². The van der Waals surface area contributed by atoms with E-state index in [1.165, 1.54) is 0 Å². The van der Waals surface area contributed by atoms with Crippen LogP contribution in [0.4, 0.5) is 0 Å². The Labute approximate surface area is 62.8 Å². The van der Waals surface area contributed by atoms with Gasteiger partial charge in [-0.15, -0.1) is 0 Å². The summed E-state index contributed by atoms with van der Waals surface area (Å²) in [5.41, 5.74) is 0. The molecule has 10 heavy (non-hydrogen) atoms. The summed E-state index contributed by atoms with van der Waals surface area (Å²) >= 11 is 0. The third kappa shape index (κ3) is 8.27. The molecule has 0 saturated heterocycles.